The number of carbonyl (C=O) groups is 1. The Morgan fingerprint density at radius 2 is 2.05 bits per heavy atom. The molecule has 0 saturated heterocycles. The van der Waals surface area contributed by atoms with Gasteiger partial charge in [-0.2, -0.15) is 0 Å². The summed E-state index contributed by atoms with van der Waals surface area (Å²) < 4.78 is 10.9. The monoisotopic (exact) mass is 266 g/mol. The highest BCUT2D eigenvalue weighted by Gasteiger charge is 2.06. The molecular formula is C14H22N2O3. The van der Waals surface area contributed by atoms with Gasteiger partial charge < -0.3 is 20.1 Å². The van der Waals surface area contributed by atoms with E-state index in [1.165, 1.54) is 0 Å². The van der Waals surface area contributed by atoms with E-state index in [2.05, 4.69) is 10.6 Å². The van der Waals surface area contributed by atoms with E-state index in [9.17, 15) is 4.79 Å². The van der Waals surface area contributed by atoms with Crippen molar-refractivity contribution in [2.24, 2.45) is 0 Å². The van der Waals surface area contributed by atoms with Gasteiger partial charge in [0.15, 0.2) is 11.5 Å². The first-order chi connectivity index (χ1) is 9.21. The van der Waals surface area contributed by atoms with Crippen LogP contribution in [-0.4, -0.2) is 33.7 Å². The van der Waals surface area contributed by atoms with Crippen LogP contribution in [0.4, 0.5) is 0 Å². The molecule has 0 spiro atoms. The minimum Gasteiger partial charge on any atom is -0.493 e. The van der Waals surface area contributed by atoms with E-state index < -0.39 is 0 Å². The summed E-state index contributed by atoms with van der Waals surface area (Å²) >= 11 is 0. The molecular weight excluding hydrogens is 244 g/mol. The Bertz CT molecular complexity index is 408. The average molecular weight is 266 g/mol. The molecule has 0 bridgehead atoms. The fourth-order valence-electron chi connectivity index (χ4n) is 1.69. The van der Waals surface area contributed by atoms with Crippen LogP contribution in [0.15, 0.2) is 18.2 Å². The number of nitrogens with one attached hydrogen (secondary N) is 2. The van der Waals surface area contributed by atoms with Crippen LogP contribution in [0.5, 0.6) is 11.5 Å². The maximum atomic E-state index is 11.1. The number of hydrogen-bond acceptors (Lipinski definition) is 4. The van der Waals surface area contributed by atoms with Gasteiger partial charge in [0.25, 0.3) is 0 Å². The number of methoxy groups -OCH3 is 1. The molecule has 106 valence electrons. The van der Waals surface area contributed by atoms with Gasteiger partial charge in [0.05, 0.1) is 13.7 Å². The first kappa shape index (κ1) is 15.3. The Hall–Kier alpha value is -1.75. The first-order valence-corrected chi connectivity index (χ1v) is 6.36. The molecule has 1 amide bonds. The van der Waals surface area contributed by atoms with Crippen LogP contribution in [0, 0.1) is 0 Å². The fourth-order valence-corrected chi connectivity index (χ4v) is 1.69. The molecule has 0 fully saturated rings. The summed E-state index contributed by atoms with van der Waals surface area (Å²) in [4.78, 5) is 11.1. The highest BCUT2D eigenvalue weighted by Crippen LogP contribution is 2.28. The zero-order valence-corrected chi connectivity index (χ0v) is 11.8. The molecule has 0 saturated carbocycles. The van der Waals surface area contributed by atoms with E-state index in [1.807, 2.05) is 25.2 Å². The van der Waals surface area contributed by atoms with E-state index in [4.69, 9.17) is 9.47 Å². The molecule has 19 heavy (non-hydrogen) atoms. The third-order valence-electron chi connectivity index (χ3n) is 2.69. The minimum absolute atomic E-state index is 0.0277. The van der Waals surface area contributed by atoms with Crippen LogP contribution in [0.1, 0.15) is 18.4 Å². The summed E-state index contributed by atoms with van der Waals surface area (Å²) in [6.45, 7) is 1.28. The summed E-state index contributed by atoms with van der Waals surface area (Å²) in [5, 5.41) is 5.67. The highest BCUT2D eigenvalue weighted by molar-refractivity contribution is 5.75. The van der Waals surface area contributed by atoms with Crippen molar-refractivity contribution >= 4 is 5.91 Å². The lowest BCUT2D eigenvalue weighted by atomic mass is 10.2. The summed E-state index contributed by atoms with van der Waals surface area (Å²) in [6.07, 6.45) is 1.15. The summed E-state index contributed by atoms with van der Waals surface area (Å²) in [7, 11) is 5.15. The molecule has 1 aromatic rings. The van der Waals surface area contributed by atoms with Gasteiger partial charge in [-0.15, -0.1) is 0 Å². The van der Waals surface area contributed by atoms with Gasteiger partial charge in [0.1, 0.15) is 0 Å². The second-order valence-electron chi connectivity index (χ2n) is 4.14. The molecule has 5 heteroatoms. The van der Waals surface area contributed by atoms with E-state index >= 15 is 0 Å². The van der Waals surface area contributed by atoms with Crippen LogP contribution in [0.25, 0.3) is 0 Å². The Morgan fingerprint density at radius 3 is 2.68 bits per heavy atom. The van der Waals surface area contributed by atoms with Crippen molar-refractivity contribution in [1.82, 2.24) is 10.6 Å². The van der Waals surface area contributed by atoms with Crippen molar-refractivity contribution in [2.75, 3.05) is 27.8 Å². The normalized spacial score (nSPS) is 10.1. The molecule has 5 nitrogen and oxygen atoms in total. The van der Waals surface area contributed by atoms with Gasteiger partial charge in [0, 0.05) is 20.0 Å². The first-order valence-electron chi connectivity index (χ1n) is 6.36. The third kappa shape index (κ3) is 5.18. The number of carbonyl (C=O) groups excluding carboxylic acids is 1. The standard InChI is InChI=1S/C14H22N2O3/c1-15-10-11-6-7-12(13(9-11)18-3)19-8-4-5-14(17)16-2/h6-7,9,15H,4-5,8,10H2,1-3H3,(H,16,17). The van der Waals surface area contributed by atoms with Crippen LogP contribution >= 0.6 is 0 Å². The number of amides is 1. The molecule has 1 rings (SSSR count). The summed E-state index contributed by atoms with van der Waals surface area (Å²) in [5.74, 6) is 1.45. The summed E-state index contributed by atoms with van der Waals surface area (Å²) in [5.41, 5.74) is 1.14. The van der Waals surface area contributed by atoms with Crippen molar-refractivity contribution in [3.63, 3.8) is 0 Å². The molecule has 0 aliphatic rings. The topological polar surface area (TPSA) is 59.6 Å². The Kier molecular flexibility index (Phi) is 6.74. The van der Waals surface area contributed by atoms with Crippen molar-refractivity contribution in [2.45, 2.75) is 19.4 Å². The van der Waals surface area contributed by atoms with E-state index in [0.717, 1.165) is 12.1 Å². The van der Waals surface area contributed by atoms with Crippen LogP contribution in [-0.2, 0) is 11.3 Å². The van der Waals surface area contributed by atoms with E-state index in [-0.39, 0.29) is 5.91 Å². The molecule has 1 aromatic carbocycles. The Balaban J connectivity index is 2.50. The SMILES string of the molecule is CNCc1ccc(OCCCC(=O)NC)c(OC)c1. The predicted molar refractivity (Wildman–Crippen MR) is 74.6 cm³/mol. The maximum absolute atomic E-state index is 11.1. The smallest absolute Gasteiger partial charge is 0.219 e. The number of rotatable bonds is 8. The lowest BCUT2D eigenvalue weighted by molar-refractivity contribution is -0.120. The van der Waals surface area contributed by atoms with Gasteiger partial charge >= 0.3 is 0 Å². The minimum atomic E-state index is 0.0277. The molecule has 0 aliphatic heterocycles. The molecule has 0 heterocycles. The van der Waals surface area contributed by atoms with Gasteiger partial charge in [-0.3, -0.25) is 4.79 Å². The Labute approximate surface area is 114 Å². The molecule has 0 radical (unpaired) electrons. The fraction of sp³-hybridized carbons (Fsp3) is 0.500. The Morgan fingerprint density at radius 1 is 1.26 bits per heavy atom. The van der Waals surface area contributed by atoms with Gasteiger partial charge in [-0.05, 0) is 31.2 Å². The quantitative estimate of drug-likeness (QED) is 0.697. The number of hydrogen-bond donors (Lipinski definition) is 2. The summed E-state index contributed by atoms with van der Waals surface area (Å²) in [6, 6.07) is 5.84. The van der Waals surface area contributed by atoms with Gasteiger partial charge in [-0.1, -0.05) is 6.07 Å². The lowest BCUT2D eigenvalue weighted by Crippen LogP contribution is -2.18. The highest BCUT2D eigenvalue weighted by atomic mass is 16.5. The molecule has 0 aliphatic carbocycles. The van der Waals surface area contributed by atoms with E-state index in [1.54, 1.807) is 14.2 Å². The van der Waals surface area contributed by atoms with Gasteiger partial charge in [-0.25, -0.2) is 0 Å². The number of ether oxygens (including phenoxy) is 2. The van der Waals surface area contributed by atoms with Crippen molar-refractivity contribution in [3.05, 3.63) is 23.8 Å². The average Bonchev–Trinajstić information content (AvgIpc) is 2.44. The zero-order chi connectivity index (χ0) is 14.1. The molecule has 0 atom stereocenters. The van der Waals surface area contributed by atoms with Crippen molar-refractivity contribution < 1.29 is 14.3 Å². The van der Waals surface area contributed by atoms with Crippen molar-refractivity contribution in [3.8, 4) is 11.5 Å². The molecule has 0 unspecified atom stereocenters. The van der Waals surface area contributed by atoms with E-state index in [0.29, 0.717) is 30.9 Å². The van der Waals surface area contributed by atoms with Crippen LogP contribution in [0.2, 0.25) is 0 Å². The van der Waals surface area contributed by atoms with Crippen LogP contribution < -0.4 is 20.1 Å². The maximum Gasteiger partial charge on any atom is 0.219 e. The zero-order valence-electron chi connectivity index (χ0n) is 11.8. The molecule has 2 N–H and O–H groups in total. The number of benzene rings is 1. The second kappa shape index (κ2) is 8.37. The second-order valence-corrected chi connectivity index (χ2v) is 4.14. The van der Waals surface area contributed by atoms with Gasteiger partial charge in [0.2, 0.25) is 5.91 Å². The predicted octanol–water partition coefficient (Wildman–Crippen LogP) is 1.32. The van der Waals surface area contributed by atoms with Crippen molar-refractivity contribution in [1.29, 1.82) is 0 Å². The third-order valence-corrected chi connectivity index (χ3v) is 2.69. The molecule has 0 aromatic heterocycles. The lowest BCUT2D eigenvalue weighted by Gasteiger charge is -2.12. The van der Waals surface area contributed by atoms with Crippen LogP contribution in [0.3, 0.4) is 0 Å². The largest absolute Gasteiger partial charge is 0.493 e.